The fourth-order valence-corrected chi connectivity index (χ4v) is 2.67. The molecule has 0 saturated heterocycles. The second-order valence-electron chi connectivity index (χ2n) is 4.52. The van der Waals surface area contributed by atoms with Gasteiger partial charge in [0.1, 0.15) is 6.10 Å². The maximum atomic E-state index is 10.6. The molecule has 0 aromatic heterocycles. The molecule has 0 heterocycles. The Bertz CT molecular complexity index is 699. The topological polar surface area (TPSA) is 20.2 Å². The molecular formula is C17H13IO. The molecule has 0 fully saturated rings. The van der Waals surface area contributed by atoms with Crippen molar-refractivity contribution in [2.75, 3.05) is 0 Å². The Morgan fingerprint density at radius 2 is 1.47 bits per heavy atom. The molecule has 3 aromatic rings. The largest absolute Gasteiger partial charge is 0.384 e. The molecule has 1 nitrogen and oxygen atoms in total. The lowest BCUT2D eigenvalue weighted by Crippen LogP contribution is -2.00. The molecule has 0 amide bonds. The van der Waals surface area contributed by atoms with Crippen molar-refractivity contribution in [2.24, 2.45) is 0 Å². The van der Waals surface area contributed by atoms with Crippen molar-refractivity contribution in [3.63, 3.8) is 0 Å². The molecule has 94 valence electrons. The van der Waals surface area contributed by atoms with Gasteiger partial charge in [-0.25, -0.2) is 0 Å². The number of hydrogen-bond acceptors (Lipinski definition) is 1. The second-order valence-corrected chi connectivity index (χ2v) is 5.77. The van der Waals surface area contributed by atoms with Gasteiger partial charge in [-0.3, -0.25) is 0 Å². The van der Waals surface area contributed by atoms with Crippen LogP contribution in [-0.4, -0.2) is 5.11 Å². The first-order valence-electron chi connectivity index (χ1n) is 6.17. The van der Waals surface area contributed by atoms with E-state index in [-0.39, 0.29) is 0 Å². The van der Waals surface area contributed by atoms with Gasteiger partial charge in [-0.1, -0.05) is 54.6 Å². The predicted octanol–water partition coefficient (Wildman–Crippen LogP) is 4.53. The zero-order valence-corrected chi connectivity index (χ0v) is 12.4. The third kappa shape index (κ3) is 2.51. The van der Waals surface area contributed by atoms with Crippen LogP contribution in [0.4, 0.5) is 0 Å². The lowest BCUT2D eigenvalue weighted by atomic mass is 9.96. The quantitative estimate of drug-likeness (QED) is 0.666. The van der Waals surface area contributed by atoms with Gasteiger partial charge in [-0.05, 0) is 56.6 Å². The van der Waals surface area contributed by atoms with E-state index in [0.29, 0.717) is 0 Å². The van der Waals surface area contributed by atoms with Crippen molar-refractivity contribution in [3.8, 4) is 0 Å². The Morgan fingerprint density at radius 3 is 2.26 bits per heavy atom. The van der Waals surface area contributed by atoms with Crippen LogP contribution in [-0.2, 0) is 0 Å². The first-order valence-corrected chi connectivity index (χ1v) is 7.25. The summed E-state index contributed by atoms with van der Waals surface area (Å²) < 4.78 is 1.17. The summed E-state index contributed by atoms with van der Waals surface area (Å²) in [5, 5.41) is 12.8. The van der Waals surface area contributed by atoms with Crippen molar-refractivity contribution in [1.82, 2.24) is 0 Å². The van der Waals surface area contributed by atoms with Crippen LogP contribution in [0.5, 0.6) is 0 Å². The van der Waals surface area contributed by atoms with Gasteiger partial charge in [0.25, 0.3) is 0 Å². The van der Waals surface area contributed by atoms with Crippen LogP contribution in [0.15, 0.2) is 66.7 Å². The molecule has 19 heavy (non-hydrogen) atoms. The molecule has 0 bridgehead atoms. The van der Waals surface area contributed by atoms with Crippen molar-refractivity contribution >= 4 is 33.4 Å². The first kappa shape index (κ1) is 12.6. The normalized spacial score (nSPS) is 12.5. The summed E-state index contributed by atoms with van der Waals surface area (Å²) in [5.74, 6) is 0. The van der Waals surface area contributed by atoms with Crippen LogP contribution in [0.2, 0.25) is 0 Å². The summed E-state index contributed by atoms with van der Waals surface area (Å²) in [4.78, 5) is 0. The van der Waals surface area contributed by atoms with E-state index < -0.39 is 6.10 Å². The molecule has 1 atom stereocenters. The van der Waals surface area contributed by atoms with Gasteiger partial charge < -0.3 is 5.11 Å². The van der Waals surface area contributed by atoms with Gasteiger partial charge in [-0.2, -0.15) is 0 Å². The van der Waals surface area contributed by atoms with E-state index in [1.807, 2.05) is 48.5 Å². The maximum Gasteiger partial charge on any atom is 0.105 e. The molecule has 0 aliphatic rings. The van der Waals surface area contributed by atoms with E-state index >= 15 is 0 Å². The number of aliphatic hydroxyl groups excluding tert-OH is 1. The highest BCUT2D eigenvalue weighted by atomic mass is 127. The summed E-state index contributed by atoms with van der Waals surface area (Å²) in [5.41, 5.74) is 1.89. The highest BCUT2D eigenvalue weighted by molar-refractivity contribution is 14.1. The van der Waals surface area contributed by atoms with Gasteiger partial charge in [0.05, 0.1) is 0 Å². The van der Waals surface area contributed by atoms with Gasteiger partial charge >= 0.3 is 0 Å². The molecule has 2 heteroatoms. The Morgan fingerprint density at radius 1 is 0.789 bits per heavy atom. The van der Waals surface area contributed by atoms with Gasteiger partial charge in [0.2, 0.25) is 0 Å². The summed E-state index contributed by atoms with van der Waals surface area (Å²) in [7, 11) is 0. The van der Waals surface area contributed by atoms with Crippen LogP contribution >= 0.6 is 22.6 Å². The average molecular weight is 360 g/mol. The van der Waals surface area contributed by atoms with Crippen molar-refractivity contribution in [3.05, 3.63) is 81.4 Å². The molecule has 1 unspecified atom stereocenters. The highest BCUT2D eigenvalue weighted by Gasteiger charge is 2.12. The third-order valence-electron chi connectivity index (χ3n) is 3.30. The third-order valence-corrected chi connectivity index (χ3v) is 4.02. The van der Waals surface area contributed by atoms with Crippen molar-refractivity contribution in [2.45, 2.75) is 6.10 Å². The Balaban J connectivity index is 2.11. The first-order chi connectivity index (χ1) is 9.25. The van der Waals surface area contributed by atoms with Crippen molar-refractivity contribution < 1.29 is 5.11 Å². The fraction of sp³-hybridized carbons (Fsp3) is 0.0588. The minimum Gasteiger partial charge on any atom is -0.384 e. The summed E-state index contributed by atoms with van der Waals surface area (Å²) in [6.45, 7) is 0. The summed E-state index contributed by atoms with van der Waals surface area (Å²) >= 11 is 2.27. The van der Waals surface area contributed by atoms with Gasteiger partial charge in [-0.15, -0.1) is 0 Å². The molecule has 0 saturated carbocycles. The summed E-state index contributed by atoms with van der Waals surface area (Å²) in [6.07, 6.45) is -0.580. The number of fused-ring (bicyclic) bond motifs is 1. The minimum atomic E-state index is -0.580. The van der Waals surface area contributed by atoms with Crippen LogP contribution < -0.4 is 0 Å². The lowest BCUT2D eigenvalue weighted by molar-refractivity contribution is 0.222. The van der Waals surface area contributed by atoms with Crippen LogP contribution in [0.1, 0.15) is 17.2 Å². The Kier molecular flexibility index (Phi) is 3.53. The molecule has 0 aliphatic heterocycles. The van der Waals surface area contributed by atoms with E-state index in [9.17, 15) is 5.11 Å². The molecule has 3 rings (SSSR count). The monoisotopic (exact) mass is 360 g/mol. The predicted molar refractivity (Wildman–Crippen MR) is 87.2 cm³/mol. The van der Waals surface area contributed by atoms with Crippen LogP contribution in [0, 0.1) is 3.57 Å². The number of benzene rings is 3. The van der Waals surface area contributed by atoms with E-state index in [0.717, 1.165) is 21.9 Å². The average Bonchev–Trinajstić information content (AvgIpc) is 2.47. The standard InChI is InChI=1S/C17H13IO/c18-14-10-8-13(9-11-14)17(19)16-7-3-5-12-4-1-2-6-15(12)16/h1-11,17,19H. The van der Waals surface area contributed by atoms with Gasteiger partial charge in [0, 0.05) is 3.57 Å². The molecular weight excluding hydrogens is 347 g/mol. The second kappa shape index (κ2) is 5.31. The van der Waals surface area contributed by atoms with Crippen LogP contribution in [0.25, 0.3) is 10.8 Å². The Labute approximate surface area is 126 Å². The zero-order chi connectivity index (χ0) is 13.2. The zero-order valence-electron chi connectivity index (χ0n) is 10.3. The molecule has 0 spiro atoms. The lowest BCUT2D eigenvalue weighted by Gasteiger charge is -2.14. The minimum absolute atomic E-state index is 0.580. The molecule has 0 aliphatic carbocycles. The van der Waals surface area contributed by atoms with E-state index in [4.69, 9.17) is 0 Å². The fourth-order valence-electron chi connectivity index (χ4n) is 2.31. The number of rotatable bonds is 2. The van der Waals surface area contributed by atoms with E-state index in [1.165, 1.54) is 3.57 Å². The Hall–Kier alpha value is -1.39. The maximum absolute atomic E-state index is 10.6. The summed E-state index contributed by atoms with van der Waals surface area (Å²) in [6, 6.07) is 22.2. The molecule has 1 N–H and O–H groups in total. The number of halogens is 1. The van der Waals surface area contributed by atoms with Crippen molar-refractivity contribution in [1.29, 1.82) is 0 Å². The molecule has 0 radical (unpaired) electrons. The van der Waals surface area contributed by atoms with Gasteiger partial charge in [0.15, 0.2) is 0 Å². The van der Waals surface area contributed by atoms with E-state index in [1.54, 1.807) is 0 Å². The van der Waals surface area contributed by atoms with E-state index in [2.05, 4.69) is 40.8 Å². The smallest absolute Gasteiger partial charge is 0.105 e. The number of aliphatic hydroxyl groups is 1. The SMILES string of the molecule is OC(c1ccc(I)cc1)c1cccc2ccccc12. The van der Waals surface area contributed by atoms with Crippen LogP contribution in [0.3, 0.4) is 0 Å². The molecule has 3 aromatic carbocycles. The number of hydrogen-bond donors (Lipinski definition) is 1. The highest BCUT2D eigenvalue weighted by Crippen LogP contribution is 2.29.